The van der Waals surface area contributed by atoms with E-state index < -0.39 is 0 Å². The van der Waals surface area contributed by atoms with Gasteiger partial charge in [0.2, 0.25) is 0 Å². The van der Waals surface area contributed by atoms with Crippen molar-refractivity contribution in [2.75, 3.05) is 0 Å². The lowest BCUT2D eigenvalue weighted by Crippen LogP contribution is -1.95. The Kier molecular flexibility index (Phi) is 5.41. The smallest absolute Gasteiger partial charge is 0.146 e. The van der Waals surface area contributed by atoms with Crippen LogP contribution in [0.5, 0.6) is 11.5 Å². The summed E-state index contributed by atoms with van der Waals surface area (Å²) in [5.74, 6) is 1.51. The minimum atomic E-state index is 0.750. The molecule has 0 N–H and O–H groups in total. The maximum absolute atomic E-state index is 6.68. The molecule has 12 rings (SSSR count). The van der Waals surface area contributed by atoms with E-state index in [1.165, 1.54) is 27.2 Å². The summed E-state index contributed by atoms with van der Waals surface area (Å²) in [5.41, 5.74) is 9.60. The largest absolute Gasteiger partial charge is 0.457 e. The lowest BCUT2D eigenvalue weighted by atomic mass is 10.0. The minimum Gasteiger partial charge on any atom is -0.457 e. The van der Waals surface area contributed by atoms with Crippen molar-refractivity contribution in [3.05, 3.63) is 164 Å². The van der Waals surface area contributed by atoms with Gasteiger partial charge < -0.3 is 9.30 Å². The fraction of sp³-hybridized carbons (Fsp3) is 0. The Labute approximate surface area is 296 Å². The number of nitrogens with zero attached hydrogens (tertiary/aromatic N) is 5. The van der Waals surface area contributed by atoms with E-state index in [1.54, 1.807) is 0 Å². The van der Waals surface area contributed by atoms with Gasteiger partial charge in [0.15, 0.2) is 0 Å². The molecule has 242 valence electrons. The maximum Gasteiger partial charge on any atom is 0.146 e. The molecular formula is C46H27N5O. The quantitative estimate of drug-likeness (QED) is 0.177. The van der Waals surface area contributed by atoms with Gasteiger partial charge in [-0.1, -0.05) is 66.7 Å². The van der Waals surface area contributed by atoms with Gasteiger partial charge in [0.25, 0.3) is 0 Å². The number of imidazole rings is 2. The number of pyridine rings is 2. The van der Waals surface area contributed by atoms with Gasteiger partial charge in [-0.05, 0) is 95.7 Å². The highest BCUT2D eigenvalue weighted by atomic mass is 16.5. The topological polar surface area (TPSA) is 48.8 Å². The van der Waals surface area contributed by atoms with Crippen molar-refractivity contribution in [2.45, 2.75) is 0 Å². The Bertz CT molecular complexity index is 3440. The van der Waals surface area contributed by atoms with Crippen LogP contribution < -0.4 is 4.74 Å². The summed E-state index contributed by atoms with van der Waals surface area (Å²) in [6, 6.07) is 53.6. The molecule has 12 aromatic rings. The number of hydrogen-bond donors (Lipinski definition) is 0. The number of para-hydroxylation sites is 5. The fourth-order valence-corrected chi connectivity index (χ4v) is 8.47. The predicted molar refractivity (Wildman–Crippen MR) is 212 cm³/mol. The first kappa shape index (κ1) is 27.6. The zero-order valence-corrected chi connectivity index (χ0v) is 27.7. The number of fused-ring (bicyclic) bond motifs is 17. The molecule has 0 atom stereocenters. The van der Waals surface area contributed by atoms with E-state index in [9.17, 15) is 0 Å². The molecule has 0 unspecified atom stereocenters. The summed E-state index contributed by atoms with van der Waals surface area (Å²) >= 11 is 0. The number of benzene rings is 7. The van der Waals surface area contributed by atoms with Crippen LogP contribution in [-0.2, 0) is 0 Å². The average Bonchev–Trinajstić information content (AvgIpc) is 3.93. The molecule has 0 bridgehead atoms. The lowest BCUT2D eigenvalue weighted by Gasteiger charge is -2.14. The third-order valence-corrected chi connectivity index (χ3v) is 10.7. The number of rotatable bonds is 3. The Hall–Kier alpha value is -7.18. The van der Waals surface area contributed by atoms with Gasteiger partial charge in [0.1, 0.15) is 22.8 Å². The van der Waals surface area contributed by atoms with Gasteiger partial charge in [0.05, 0.1) is 33.1 Å². The zero-order chi connectivity index (χ0) is 33.9. The highest BCUT2D eigenvalue weighted by molar-refractivity contribution is 6.20. The highest BCUT2D eigenvalue weighted by Gasteiger charge is 2.19. The number of ether oxygens (including phenoxy) is 1. The van der Waals surface area contributed by atoms with Crippen molar-refractivity contribution in [1.29, 1.82) is 0 Å². The first-order valence-electron chi connectivity index (χ1n) is 17.5. The number of aromatic nitrogens is 5. The van der Waals surface area contributed by atoms with E-state index in [2.05, 4.69) is 165 Å². The normalized spacial score (nSPS) is 12.2. The van der Waals surface area contributed by atoms with Crippen LogP contribution in [0.15, 0.2) is 164 Å². The second kappa shape index (κ2) is 10.2. The molecule has 0 aliphatic rings. The minimum absolute atomic E-state index is 0.750. The van der Waals surface area contributed by atoms with Crippen LogP contribution in [0.4, 0.5) is 0 Å². The van der Waals surface area contributed by atoms with E-state index in [0.29, 0.717) is 0 Å². The van der Waals surface area contributed by atoms with Gasteiger partial charge in [0, 0.05) is 50.4 Å². The van der Waals surface area contributed by atoms with Crippen LogP contribution in [-0.4, -0.2) is 23.3 Å². The van der Waals surface area contributed by atoms with Crippen molar-refractivity contribution in [1.82, 2.24) is 23.3 Å². The van der Waals surface area contributed by atoms with Crippen molar-refractivity contribution >= 4 is 87.5 Å². The van der Waals surface area contributed by atoms with Crippen LogP contribution in [0.25, 0.3) is 93.2 Å². The maximum atomic E-state index is 6.68. The molecule has 0 radical (unpaired) electrons. The number of hydrogen-bond acceptors (Lipinski definition) is 3. The molecule has 0 saturated carbocycles. The SMILES string of the molecule is c1ccc(-n2c3ccccc3c3cc4c(cc32)c2ccc(Oc3ccc5c6ccccc6n6ccnc6c5c3)cc2c2nc3ccccc3n42)cc1. The van der Waals surface area contributed by atoms with E-state index in [4.69, 9.17) is 14.7 Å². The fourth-order valence-electron chi connectivity index (χ4n) is 8.47. The molecule has 5 aromatic heterocycles. The van der Waals surface area contributed by atoms with Crippen molar-refractivity contribution in [2.24, 2.45) is 0 Å². The van der Waals surface area contributed by atoms with Gasteiger partial charge in [-0.2, -0.15) is 0 Å². The molecule has 0 fully saturated rings. The summed E-state index contributed by atoms with van der Waals surface area (Å²) < 4.78 is 13.5. The van der Waals surface area contributed by atoms with E-state index in [-0.39, 0.29) is 0 Å². The van der Waals surface area contributed by atoms with Crippen LogP contribution >= 0.6 is 0 Å². The third kappa shape index (κ3) is 3.72. The Morgan fingerprint density at radius 1 is 0.423 bits per heavy atom. The Balaban J connectivity index is 1.12. The second-order valence-corrected chi connectivity index (χ2v) is 13.5. The summed E-state index contributed by atoms with van der Waals surface area (Å²) in [7, 11) is 0. The molecular weight excluding hydrogens is 639 g/mol. The van der Waals surface area contributed by atoms with Crippen LogP contribution in [0.3, 0.4) is 0 Å². The van der Waals surface area contributed by atoms with Crippen LogP contribution in [0.2, 0.25) is 0 Å². The van der Waals surface area contributed by atoms with Crippen molar-refractivity contribution in [3.63, 3.8) is 0 Å². The lowest BCUT2D eigenvalue weighted by molar-refractivity contribution is 0.484. The second-order valence-electron chi connectivity index (χ2n) is 13.5. The van der Waals surface area contributed by atoms with Gasteiger partial charge >= 0.3 is 0 Å². The monoisotopic (exact) mass is 665 g/mol. The summed E-state index contributed by atoms with van der Waals surface area (Å²) in [6.07, 6.45) is 3.88. The van der Waals surface area contributed by atoms with Crippen LogP contribution in [0, 0.1) is 0 Å². The predicted octanol–water partition coefficient (Wildman–Crippen LogP) is 11.6. The van der Waals surface area contributed by atoms with E-state index >= 15 is 0 Å². The van der Waals surface area contributed by atoms with Gasteiger partial charge in [-0.3, -0.25) is 8.80 Å². The Morgan fingerprint density at radius 3 is 1.85 bits per heavy atom. The van der Waals surface area contributed by atoms with Crippen molar-refractivity contribution in [3.8, 4) is 17.2 Å². The molecule has 0 aliphatic heterocycles. The molecule has 0 saturated heterocycles. The van der Waals surface area contributed by atoms with E-state index in [1.807, 2.05) is 12.4 Å². The summed E-state index contributed by atoms with van der Waals surface area (Å²) in [4.78, 5) is 9.95. The van der Waals surface area contributed by atoms with Gasteiger partial charge in [-0.25, -0.2) is 9.97 Å². The molecule has 0 amide bonds. The highest BCUT2D eigenvalue weighted by Crippen LogP contribution is 2.41. The average molecular weight is 666 g/mol. The van der Waals surface area contributed by atoms with Gasteiger partial charge in [-0.15, -0.1) is 0 Å². The first-order valence-corrected chi connectivity index (χ1v) is 17.5. The standard InChI is InChI=1S/C46H27N5O/c1-2-10-28(11-3-1)50-41-16-8-5-13-34(41)36-27-44-35(26-43(36)50)32-21-19-30(25-38(32)46-48-39-14-6-9-17-42(39)51(44)46)52-29-18-20-31-33-12-4-7-15-40(33)49-23-22-47-45(49)37(31)24-29/h1-27H. The Morgan fingerprint density at radius 2 is 1.04 bits per heavy atom. The zero-order valence-electron chi connectivity index (χ0n) is 27.7. The third-order valence-electron chi connectivity index (χ3n) is 10.7. The molecule has 52 heavy (non-hydrogen) atoms. The molecule has 7 aromatic carbocycles. The molecule has 6 heteroatoms. The van der Waals surface area contributed by atoms with E-state index in [0.717, 1.165) is 77.5 Å². The molecule has 0 aliphatic carbocycles. The molecule has 0 spiro atoms. The molecule has 5 heterocycles. The molecule has 6 nitrogen and oxygen atoms in total. The summed E-state index contributed by atoms with van der Waals surface area (Å²) in [5, 5.41) is 9.13. The first-order chi connectivity index (χ1) is 25.8. The summed E-state index contributed by atoms with van der Waals surface area (Å²) in [6.45, 7) is 0. The van der Waals surface area contributed by atoms with Crippen LogP contribution in [0.1, 0.15) is 0 Å². The van der Waals surface area contributed by atoms with Crippen molar-refractivity contribution < 1.29 is 4.74 Å².